The maximum atomic E-state index is 11.6. The molecule has 1 aliphatic rings. The van der Waals surface area contributed by atoms with Crippen molar-refractivity contribution in [1.29, 1.82) is 0 Å². The number of allylic oxidation sites excluding steroid dienone is 2. The third-order valence-electron chi connectivity index (χ3n) is 3.13. The average molecular weight is 246 g/mol. The predicted octanol–water partition coefficient (Wildman–Crippen LogP) is 2.41. The van der Waals surface area contributed by atoms with Crippen molar-refractivity contribution in [1.82, 2.24) is 4.98 Å². The Morgan fingerprint density at radius 2 is 2.39 bits per heavy atom. The molecule has 4 nitrogen and oxygen atoms in total. The van der Waals surface area contributed by atoms with Crippen molar-refractivity contribution in [2.75, 3.05) is 12.3 Å². The summed E-state index contributed by atoms with van der Waals surface area (Å²) in [6.07, 6.45) is 4.47. The summed E-state index contributed by atoms with van der Waals surface area (Å²) in [7, 11) is 0. The molecular formula is C14H18N2O2. The van der Waals surface area contributed by atoms with Crippen LogP contribution in [0.3, 0.4) is 0 Å². The average Bonchev–Trinajstić information content (AvgIpc) is 2.39. The van der Waals surface area contributed by atoms with Gasteiger partial charge in [-0.05, 0) is 43.9 Å². The molecule has 4 heteroatoms. The Kier molecular flexibility index (Phi) is 3.97. The number of nitrogens with two attached hydrogens (primary N) is 1. The van der Waals surface area contributed by atoms with Gasteiger partial charge in [0.2, 0.25) is 0 Å². The van der Waals surface area contributed by atoms with E-state index in [0.717, 1.165) is 25.0 Å². The van der Waals surface area contributed by atoms with E-state index in [1.807, 2.05) is 19.1 Å². The lowest BCUT2D eigenvalue weighted by molar-refractivity contribution is -0.148. The maximum absolute atomic E-state index is 11.6. The van der Waals surface area contributed by atoms with E-state index >= 15 is 0 Å². The fourth-order valence-corrected chi connectivity index (χ4v) is 2.17. The molecule has 0 bridgehead atoms. The van der Waals surface area contributed by atoms with Crippen molar-refractivity contribution in [3.8, 4) is 0 Å². The summed E-state index contributed by atoms with van der Waals surface area (Å²) in [6, 6.07) is 5.62. The Morgan fingerprint density at radius 1 is 1.56 bits per heavy atom. The Bertz CT molecular complexity index is 469. The van der Waals surface area contributed by atoms with Crippen molar-refractivity contribution >= 4 is 17.4 Å². The quantitative estimate of drug-likeness (QED) is 0.832. The molecule has 0 fully saturated rings. The van der Waals surface area contributed by atoms with Crippen LogP contribution in [0.15, 0.2) is 24.3 Å². The minimum Gasteiger partial charge on any atom is -0.466 e. The number of hydrogen-bond donors (Lipinski definition) is 1. The zero-order chi connectivity index (χ0) is 13.0. The third kappa shape index (κ3) is 2.88. The second-order valence-electron chi connectivity index (χ2n) is 4.40. The number of nitrogen functional groups attached to an aromatic ring is 1. The van der Waals surface area contributed by atoms with Gasteiger partial charge in [-0.15, -0.1) is 0 Å². The standard InChI is InChI=1S/C14H18N2O2/c1-2-18-14(17)11-8-6-10(7-9-11)12-4-3-5-13(15)16-12/h3-6,11H,2,7-9H2,1H3,(H2,15,16). The van der Waals surface area contributed by atoms with E-state index in [-0.39, 0.29) is 11.9 Å². The predicted molar refractivity (Wildman–Crippen MR) is 70.6 cm³/mol. The fraction of sp³-hybridized carbons (Fsp3) is 0.429. The molecular weight excluding hydrogens is 228 g/mol. The van der Waals surface area contributed by atoms with Gasteiger partial charge in [0.1, 0.15) is 5.82 Å². The van der Waals surface area contributed by atoms with Crippen molar-refractivity contribution in [2.45, 2.75) is 26.2 Å². The van der Waals surface area contributed by atoms with E-state index in [1.54, 1.807) is 6.07 Å². The van der Waals surface area contributed by atoms with E-state index < -0.39 is 0 Å². The smallest absolute Gasteiger partial charge is 0.309 e. The van der Waals surface area contributed by atoms with Gasteiger partial charge >= 0.3 is 5.97 Å². The molecule has 0 spiro atoms. The minimum atomic E-state index is -0.0895. The first-order valence-electron chi connectivity index (χ1n) is 6.29. The van der Waals surface area contributed by atoms with Gasteiger partial charge in [0.25, 0.3) is 0 Å². The largest absolute Gasteiger partial charge is 0.466 e. The molecule has 0 radical (unpaired) electrons. The first-order chi connectivity index (χ1) is 8.70. The van der Waals surface area contributed by atoms with Gasteiger partial charge in [-0.25, -0.2) is 4.98 Å². The summed E-state index contributed by atoms with van der Waals surface area (Å²) in [4.78, 5) is 15.9. The Hall–Kier alpha value is -1.84. The SMILES string of the molecule is CCOC(=O)C1CC=C(c2cccc(N)n2)CC1. The number of aromatic nitrogens is 1. The zero-order valence-corrected chi connectivity index (χ0v) is 10.6. The van der Waals surface area contributed by atoms with Crippen molar-refractivity contribution in [2.24, 2.45) is 5.92 Å². The van der Waals surface area contributed by atoms with Gasteiger partial charge in [-0.3, -0.25) is 4.79 Å². The van der Waals surface area contributed by atoms with Crippen molar-refractivity contribution < 1.29 is 9.53 Å². The lowest BCUT2D eigenvalue weighted by Gasteiger charge is -2.20. The van der Waals surface area contributed by atoms with Crippen LogP contribution >= 0.6 is 0 Å². The van der Waals surface area contributed by atoms with Crippen LogP contribution in [0.2, 0.25) is 0 Å². The Morgan fingerprint density at radius 3 is 3.00 bits per heavy atom. The summed E-state index contributed by atoms with van der Waals surface area (Å²) in [5, 5.41) is 0. The van der Waals surface area contributed by atoms with Crippen LogP contribution in [0.25, 0.3) is 5.57 Å². The Balaban J connectivity index is 2.05. The number of anilines is 1. The molecule has 1 unspecified atom stereocenters. The summed E-state index contributed by atoms with van der Waals surface area (Å²) < 4.78 is 5.04. The first-order valence-corrected chi connectivity index (χ1v) is 6.29. The van der Waals surface area contributed by atoms with E-state index in [2.05, 4.69) is 11.1 Å². The highest BCUT2D eigenvalue weighted by Crippen LogP contribution is 2.30. The van der Waals surface area contributed by atoms with Gasteiger partial charge < -0.3 is 10.5 Å². The normalized spacial score (nSPS) is 19.2. The summed E-state index contributed by atoms with van der Waals surface area (Å²) in [5.74, 6) is 0.434. The van der Waals surface area contributed by atoms with Crippen molar-refractivity contribution in [3.63, 3.8) is 0 Å². The van der Waals surface area contributed by atoms with Crippen LogP contribution in [0.5, 0.6) is 0 Å². The summed E-state index contributed by atoms with van der Waals surface area (Å²) in [6.45, 7) is 2.28. The molecule has 0 saturated carbocycles. The van der Waals surface area contributed by atoms with Crippen molar-refractivity contribution in [3.05, 3.63) is 30.0 Å². The van der Waals surface area contributed by atoms with Gasteiger partial charge in [-0.2, -0.15) is 0 Å². The first kappa shape index (κ1) is 12.6. The molecule has 0 amide bonds. The molecule has 1 heterocycles. The topological polar surface area (TPSA) is 65.2 Å². The van der Waals surface area contributed by atoms with Gasteiger partial charge in [0, 0.05) is 0 Å². The van der Waals surface area contributed by atoms with Gasteiger partial charge in [-0.1, -0.05) is 12.1 Å². The van der Waals surface area contributed by atoms with Crippen LogP contribution in [0, 0.1) is 5.92 Å². The zero-order valence-electron chi connectivity index (χ0n) is 10.6. The van der Waals surface area contributed by atoms with E-state index in [0.29, 0.717) is 12.4 Å². The molecule has 1 atom stereocenters. The summed E-state index contributed by atoms with van der Waals surface area (Å²) in [5.41, 5.74) is 7.75. The molecule has 18 heavy (non-hydrogen) atoms. The van der Waals surface area contributed by atoms with Crippen LogP contribution in [0.4, 0.5) is 5.82 Å². The third-order valence-corrected chi connectivity index (χ3v) is 3.13. The van der Waals surface area contributed by atoms with Gasteiger partial charge in [0.05, 0.1) is 18.2 Å². The lowest BCUT2D eigenvalue weighted by atomic mass is 9.88. The van der Waals surface area contributed by atoms with E-state index in [1.165, 1.54) is 5.57 Å². The number of ether oxygens (including phenoxy) is 1. The molecule has 1 aromatic rings. The lowest BCUT2D eigenvalue weighted by Crippen LogP contribution is -2.19. The number of carbonyl (C=O) groups is 1. The van der Waals surface area contributed by atoms with Crippen LogP contribution < -0.4 is 5.73 Å². The molecule has 0 aromatic carbocycles. The molecule has 1 aromatic heterocycles. The second-order valence-corrected chi connectivity index (χ2v) is 4.40. The molecule has 96 valence electrons. The second kappa shape index (κ2) is 5.67. The monoisotopic (exact) mass is 246 g/mol. The van der Waals surface area contributed by atoms with Crippen LogP contribution in [-0.4, -0.2) is 17.6 Å². The summed E-state index contributed by atoms with van der Waals surface area (Å²) >= 11 is 0. The van der Waals surface area contributed by atoms with E-state index in [4.69, 9.17) is 10.5 Å². The number of nitrogens with zero attached hydrogens (tertiary/aromatic N) is 1. The molecule has 2 rings (SSSR count). The highest BCUT2D eigenvalue weighted by atomic mass is 16.5. The number of pyridine rings is 1. The van der Waals surface area contributed by atoms with Crippen LogP contribution in [-0.2, 0) is 9.53 Å². The molecule has 0 aliphatic heterocycles. The van der Waals surface area contributed by atoms with Gasteiger partial charge in [0.15, 0.2) is 0 Å². The van der Waals surface area contributed by atoms with Crippen LogP contribution in [0.1, 0.15) is 31.9 Å². The number of hydrogen-bond acceptors (Lipinski definition) is 4. The molecule has 0 saturated heterocycles. The highest BCUT2D eigenvalue weighted by Gasteiger charge is 2.23. The number of esters is 1. The van der Waals surface area contributed by atoms with E-state index in [9.17, 15) is 4.79 Å². The maximum Gasteiger partial charge on any atom is 0.309 e. The Labute approximate surface area is 107 Å². The number of carbonyl (C=O) groups excluding carboxylic acids is 1. The minimum absolute atomic E-state index is 0.00485. The number of rotatable bonds is 3. The molecule has 2 N–H and O–H groups in total. The molecule has 1 aliphatic carbocycles. The fourth-order valence-electron chi connectivity index (χ4n) is 2.17. The highest BCUT2D eigenvalue weighted by molar-refractivity contribution is 5.75.